The molecule has 0 N–H and O–H groups in total. The van der Waals surface area contributed by atoms with Gasteiger partial charge < -0.3 is 13.9 Å². The summed E-state index contributed by atoms with van der Waals surface area (Å²) in [6.45, 7) is 11.1. The Bertz CT molecular complexity index is 463. The lowest BCUT2D eigenvalue weighted by Gasteiger charge is -2.35. The van der Waals surface area contributed by atoms with E-state index in [0.29, 0.717) is 11.3 Å². The number of carbonyl (C=O) groups excluding carboxylic acids is 1. The lowest BCUT2D eigenvalue weighted by Crippen LogP contribution is -2.41. The fourth-order valence-electron chi connectivity index (χ4n) is 1.29. The molecule has 1 rings (SSSR count). The Morgan fingerprint density at radius 3 is 2.45 bits per heavy atom. The fourth-order valence-corrected chi connectivity index (χ4v) is 2.08. The van der Waals surface area contributed by atoms with Crippen LogP contribution in [0.2, 0.25) is 18.1 Å². The molecular formula is C15H24O4Si. The number of rotatable bonds is 5. The molecule has 0 saturated carbocycles. The van der Waals surface area contributed by atoms with Gasteiger partial charge >= 0.3 is 5.97 Å². The number of esters is 1. The van der Waals surface area contributed by atoms with Crippen LogP contribution in [0, 0.1) is 0 Å². The number of benzene rings is 1. The minimum Gasteiger partial charge on any atom is -0.469 e. The van der Waals surface area contributed by atoms with Crippen molar-refractivity contribution in [1.29, 1.82) is 0 Å². The lowest BCUT2D eigenvalue weighted by atomic mass is 10.2. The van der Waals surface area contributed by atoms with Crippen molar-refractivity contribution < 1.29 is 18.7 Å². The average Bonchev–Trinajstić information content (AvgIpc) is 2.36. The Morgan fingerprint density at radius 1 is 1.25 bits per heavy atom. The van der Waals surface area contributed by atoms with E-state index in [4.69, 9.17) is 9.16 Å². The molecule has 0 aromatic heterocycles. The molecule has 0 bridgehead atoms. The van der Waals surface area contributed by atoms with Crippen molar-refractivity contribution in [3.63, 3.8) is 0 Å². The monoisotopic (exact) mass is 296 g/mol. The van der Waals surface area contributed by atoms with Gasteiger partial charge in [-0.25, -0.2) is 4.79 Å². The molecule has 1 aromatic rings. The van der Waals surface area contributed by atoms with E-state index in [1.165, 1.54) is 7.11 Å². The highest BCUT2D eigenvalue weighted by molar-refractivity contribution is 6.74. The highest BCUT2D eigenvalue weighted by Crippen LogP contribution is 2.36. The van der Waals surface area contributed by atoms with Gasteiger partial charge in [0.15, 0.2) is 15.1 Å². The van der Waals surface area contributed by atoms with Gasteiger partial charge in [-0.3, -0.25) is 0 Å². The molecule has 0 aliphatic heterocycles. The van der Waals surface area contributed by atoms with Crippen molar-refractivity contribution in [2.75, 3.05) is 13.9 Å². The molecular weight excluding hydrogens is 272 g/mol. The van der Waals surface area contributed by atoms with Crippen LogP contribution in [0.1, 0.15) is 31.1 Å². The quantitative estimate of drug-likeness (QED) is 0.470. The van der Waals surface area contributed by atoms with Crippen molar-refractivity contribution in [3.05, 3.63) is 29.8 Å². The van der Waals surface area contributed by atoms with Crippen LogP contribution in [0.3, 0.4) is 0 Å². The van der Waals surface area contributed by atoms with E-state index in [-0.39, 0.29) is 17.8 Å². The van der Waals surface area contributed by atoms with Crippen molar-refractivity contribution in [3.8, 4) is 5.75 Å². The zero-order valence-corrected chi connectivity index (χ0v) is 14.1. The topological polar surface area (TPSA) is 44.8 Å². The van der Waals surface area contributed by atoms with Gasteiger partial charge in [-0.1, -0.05) is 26.8 Å². The number of carbonyl (C=O) groups is 1. The summed E-state index contributed by atoms with van der Waals surface area (Å²) in [6, 6.07) is 6.89. The Hall–Kier alpha value is -1.33. The van der Waals surface area contributed by atoms with E-state index in [1.54, 1.807) is 24.3 Å². The number of hydrogen-bond acceptors (Lipinski definition) is 4. The smallest absolute Gasteiger partial charge is 0.337 e. The maximum atomic E-state index is 11.4. The molecule has 0 aliphatic carbocycles. The minimum absolute atomic E-state index is 0.143. The van der Waals surface area contributed by atoms with Gasteiger partial charge in [0.2, 0.25) is 0 Å². The number of hydrogen-bond donors (Lipinski definition) is 0. The SMILES string of the molecule is COC(=O)c1cccc(OCO[Si](C)(C)C(C)(C)C)c1. The largest absolute Gasteiger partial charge is 0.469 e. The number of ether oxygens (including phenoxy) is 2. The summed E-state index contributed by atoms with van der Waals surface area (Å²) in [6.07, 6.45) is 0. The Kier molecular flexibility index (Phi) is 5.36. The molecule has 0 radical (unpaired) electrons. The van der Waals surface area contributed by atoms with Gasteiger partial charge in [0.25, 0.3) is 0 Å². The van der Waals surface area contributed by atoms with Crippen molar-refractivity contribution in [2.24, 2.45) is 0 Å². The zero-order valence-electron chi connectivity index (χ0n) is 13.1. The van der Waals surface area contributed by atoms with Crippen LogP contribution in [0.4, 0.5) is 0 Å². The molecule has 0 atom stereocenters. The Labute approximate surface area is 122 Å². The predicted molar refractivity (Wildman–Crippen MR) is 81.6 cm³/mol. The minimum atomic E-state index is -1.82. The highest BCUT2D eigenvalue weighted by Gasteiger charge is 2.37. The van der Waals surface area contributed by atoms with E-state index >= 15 is 0 Å². The first kappa shape index (κ1) is 16.7. The molecule has 0 aliphatic rings. The molecule has 20 heavy (non-hydrogen) atoms. The third kappa shape index (κ3) is 4.35. The van der Waals surface area contributed by atoms with E-state index in [9.17, 15) is 4.79 Å². The second-order valence-electron chi connectivity index (χ2n) is 6.19. The molecule has 0 saturated heterocycles. The maximum absolute atomic E-state index is 11.4. The van der Waals surface area contributed by atoms with Crippen molar-refractivity contribution >= 4 is 14.3 Å². The number of methoxy groups -OCH3 is 1. The van der Waals surface area contributed by atoms with Crippen molar-refractivity contribution in [1.82, 2.24) is 0 Å². The van der Waals surface area contributed by atoms with E-state index in [1.807, 2.05) is 0 Å². The summed E-state index contributed by atoms with van der Waals surface area (Å²) in [5.41, 5.74) is 0.470. The summed E-state index contributed by atoms with van der Waals surface area (Å²) in [4.78, 5) is 11.4. The molecule has 0 unspecified atom stereocenters. The second-order valence-corrected chi connectivity index (χ2v) is 11.0. The highest BCUT2D eigenvalue weighted by atomic mass is 28.4. The third-order valence-corrected chi connectivity index (χ3v) is 8.16. The predicted octanol–water partition coefficient (Wildman–Crippen LogP) is 3.83. The van der Waals surface area contributed by atoms with Crippen LogP contribution in [-0.2, 0) is 9.16 Å². The van der Waals surface area contributed by atoms with Crippen LogP contribution in [-0.4, -0.2) is 28.2 Å². The van der Waals surface area contributed by atoms with Crippen LogP contribution >= 0.6 is 0 Å². The van der Waals surface area contributed by atoms with Crippen molar-refractivity contribution in [2.45, 2.75) is 38.9 Å². The molecule has 0 fully saturated rings. The first-order chi connectivity index (χ1) is 9.17. The van der Waals surface area contributed by atoms with Gasteiger partial charge in [-0.05, 0) is 36.3 Å². The fraction of sp³-hybridized carbons (Fsp3) is 0.533. The maximum Gasteiger partial charge on any atom is 0.337 e. The normalized spacial score (nSPS) is 12.1. The van der Waals surface area contributed by atoms with Crippen LogP contribution in [0.5, 0.6) is 5.75 Å². The van der Waals surface area contributed by atoms with Crippen LogP contribution in [0.15, 0.2) is 24.3 Å². The Morgan fingerprint density at radius 2 is 1.90 bits per heavy atom. The standard InChI is InChI=1S/C15H24O4Si/c1-15(2,3)20(5,6)19-11-18-13-9-7-8-12(10-13)14(16)17-4/h7-10H,11H2,1-6H3. The first-order valence-corrected chi connectivity index (χ1v) is 9.53. The van der Waals surface area contributed by atoms with E-state index in [0.717, 1.165) is 0 Å². The lowest BCUT2D eigenvalue weighted by molar-refractivity contribution is 0.0598. The molecule has 5 heteroatoms. The van der Waals surface area contributed by atoms with E-state index in [2.05, 4.69) is 38.6 Å². The van der Waals surface area contributed by atoms with Crippen LogP contribution in [0.25, 0.3) is 0 Å². The molecule has 0 spiro atoms. The van der Waals surface area contributed by atoms with E-state index < -0.39 is 8.32 Å². The summed E-state index contributed by atoms with van der Waals surface area (Å²) in [7, 11) is -0.460. The molecule has 0 amide bonds. The molecule has 4 nitrogen and oxygen atoms in total. The Balaban J connectivity index is 2.61. The molecule has 0 heterocycles. The summed E-state index contributed by atoms with van der Waals surface area (Å²) >= 11 is 0. The summed E-state index contributed by atoms with van der Waals surface area (Å²) in [5, 5.41) is 0.143. The first-order valence-electron chi connectivity index (χ1n) is 6.62. The van der Waals surface area contributed by atoms with Gasteiger partial charge in [0, 0.05) is 0 Å². The molecule has 1 aromatic carbocycles. The second kappa shape index (κ2) is 6.41. The zero-order chi connectivity index (χ0) is 15.4. The van der Waals surface area contributed by atoms with Crippen LogP contribution < -0.4 is 4.74 Å². The average molecular weight is 296 g/mol. The van der Waals surface area contributed by atoms with Gasteiger partial charge in [0.1, 0.15) is 5.75 Å². The third-order valence-electron chi connectivity index (χ3n) is 3.71. The molecule has 112 valence electrons. The summed E-state index contributed by atoms with van der Waals surface area (Å²) in [5.74, 6) is 0.229. The van der Waals surface area contributed by atoms with Gasteiger partial charge in [0.05, 0.1) is 12.7 Å². The van der Waals surface area contributed by atoms with Gasteiger partial charge in [-0.15, -0.1) is 0 Å². The van der Waals surface area contributed by atoms with Gasteiger partial charge in [-0.2, -0.15) is 0 Å². The summed E-state index contributed by atoms with van der Waals surface area (Å²) < 4.78 is 16.2.